The highest BCUT2D eigenvalue weighted by molar-refractivity contribution is 9.09. The molecule has 2 aromatic rings. The van der Waals surface area contributed by atoms with Crippen molar-refractivity contribution in [2.45, 2.75) is 18.7 Å². The average molecular weight is 323 g/mol. The Morgan fingerprint density at radius 3 is 2.47 bits per heavy atom. The minimum absolute atomic E-state index is 0.155. The van der Waals surface area contributed by atoms with Crippen molar-refractivity contribution in [2.75, 3.05) is 7.11 Å². The van der Waals surface area contributed by atoms with E-state index in [2.05, 4.69) is 15.9 Å². The van der Waals surface area contributed by atoms with Gasteiger partial charge in [-0.25, -0.2) is 4.39 Å². The molecule has 0 saturated heterocycles. The van der Waals surface area contributed by atoms with Gasteiger partial charge in [0.2, 0.25) is 0 Å². The van der Waals surface area contributed by atoms with Crippen LogP contribution in [0.25, 0.3) is 0 Å². The lowest BCUT2D eigenvalue weighted by Gasteiger charge is -2.15. The number of ether oxygens (including phenoxy) is 1. The van der Waals surface area contributed by atoms with Crippen molar-refractivity contribution in [3.8, 4) is 5.75 Å². The van der Waals surface area contributed by atoms with E-state index >= 15 is 0 Å². The fraction of sp³-hybridized carbons (Fsp3) is 0.250. The summed E-state index contributed by atoms with van der Waals surface area (Å²) in [5.41, 5.74) is 3.37. The summed E-state index contributed by atoms with van der Waals surface area (Å²) in [6.07, 6.45) is 0. The molecule has 0 spiro atoms. The maximum absolute atomic E-state index is 14.1. The molecule has 0 aliphatic carbocycles. The number of alkyl halides is 1. The van der Waals surface area contributed by atoms with E-state index in [4.69, 9.17) is 4.74 Å². The van der Waals surface area contributed by atoms with Crippen LogP contribution in [0.15, 0.2) is 36.4 Å². The SMILES string of the molecule is COc1ccc(C(Br)c2cccc(C)c2F)cc1C. The Morgan fingerprint density at radius 2 is 1.84 bits per heavy atom. The number of aryl methyl sites for hydroxylation is 2. The molecule has 0 bridgehead atoms. The molecule has 3 heteroatoms. The van der Waals surface area contributed by atoms with Crippen LogP contribution >= 0.6 is 15.9 Å². The maximum atomic E-state index is 14.1. The van der Waals surface area contributed by atoms with Gasteiger partial charge in [-0.1, -0.05) is 46.3 Å². The van der Waals surface area contributed by atoms with Crippen molar-refractivity contribution < 1.29 is 9.13 Å². The second-order valence-electron chi connectivity index (χ2n) is 4.57. The molecule has 1 unspecified atom stereocenters. The van der Waals surface area contributed by atoms with Gasteiger partial charge in [-0.2, -0.15) is 0 Å². The maximum Gasteiger partial charge on any atom is 0.130 e. The fourth-order valence-electron chi connectivity index (χ4n) is 2.10. The van der Waals surface area contributed by atoms with Crippen LogP contribution in [0.5, 0.6) is 5.75 Å². The molecule has 0 aliphatic rings. The number of methoxy groups -OCH3 is 1. The molecule has 2 rings (SSSR count). The minimum atomic E-state index is -0.156. The van der Waals surface area contributed by atoms with Crippen LogP contribution in [0.3, 0.4) is 0 Å². The van der Waals surface area contributed by atoms with Gasteiger partial charge in [0.25, 0.3) is 0 Å². The topological polar surface area (TPSA) is 9.23 Å². The summed E-state index contributed by atoms with van der Waals surface area (Å²) in [6.45, 7) is 3.76. The van der Waals surface area contributed by atoms with Crippen LogP contribution in [-0.2, 0) is 0 Å². The summed E-state index contributed by atoms with van der Waals surface area (Å²) in [5, 5.41) is 0. The predicted octanol–water partition coefficient (Wildman–Crippen LogP) is 4.94. The minimum Gasteiger partial charge on any atom is -0.496 e. The molecule has 0 fully saturated rings. The van der Waals surface area contributed by atoms with Crippen molar-refractivity contribution in [3.05, 3.63) is 64.5 Å². The molecular weight excluding hydrogens is 307 g/mol. The van der Waals surface area contributed by atoms with Crippen molar-refractivity contribution in [2.24, 2.45) is 0 Å². The van der Waals surface area contributed by atoms with E-state index < -0.39 is 0 Å². The Kier molecular flexibility index (Phi) is 4.25. The summed E-state index contributed by atoms with van der Waals surface area (Å²) < 4.78 is 19.4. The largest absolute Gasteiger partial charge is 0.496 e. The van der Waals surface area contributed by atoms with Crippen LogP contribution in [0.4, 0.5) is 4.39 Å². The smallest absolute Gasteiger partial charge is 0.130 e. The van der Waals surface area contributed by atoms with Gasteiger partial charge in [0, 0.05) is 5.56 Å². The Bertz CT molecular complexity index is 595. The fourth-order valence-corrected chi connectivity index (χ4v) is 2.74. The lowest BCUT2D eigenvalue weighted by Crippen LogP contribution is -1.99. The van der Waals surface area contributed by atoms with Crippen molar-refractivity contribution in [3.63, 3.8) is 0 Å². The molecular formula is C16H16BrFO. The van der Waals surface area contributed by atoms with Crippen molar-refractivity contribution >= 4 is 15.9 Å². The molecule has 0 N–H and O–H groups in total. The van der Waals surface area contributed by atoms with E-state index in [-0.39, 0.29) is 10.6 Å². The summed E-state index contributed by atoms with van der Waals surface area (Å²) in [4.78, 5) is -0.156. The van der Waals surface area contributed by atoms with Crippen LogP contribution < -0.4 is 4.74 Å². The van der Waals surface area contributed by atoms with E-state index in [1.165, 1.54) is 0 Å². The van der Waals surface area contributed by atoms with E-state index in [1.54, 1.807) is 26.2 Å². The highest BCUT2D eigenvalue weighted by Crippen LogP contribution is 2.35. The predicted molar refractivity (Wildman–Crippen MR) is 79.6 cm³/mol. The first-order valence-corrected chi connectivity index (χ1v) is 6.99. The molecule has 19 heavy (non-hydrogen) atoms. The van der Waals surface area contributed by atoms with Crippen LogP contribution in [0, 0.1) is 19.7 Å². The third kappa shape index (κ3) is 2.81. The normalized spacial score (nSPS) is 12.3. The van der Waals surface area contributed by atoms with E-state index in [9.17, 15) is 4.39 Å². The summed E-state index contributed by atoms with van der Waals surface area (Å²) in [6, 6.07) is 11.3. The summed E-state index contributed by atoms with van der Waals surface area (Å²) in [7, 11) is 1.65. The zero-order chi connectivity index (χ0) is 14.0. The first-order chi connectivity index (χ1) is 9.04. The summed E-state index contributed by atoms with van der Waals surface area (Å²) >= 11 is 3.58. The Balaban J connectivity index is 2.41. The highest BCUT2D eigenvalue weighted by Gasteiger charge is 2.16. The monoisotopic (exact) mass is 322 g/mol. The Labute approximate surface area is 121 Å². The molecule has 0 heterocycles. The van der Waals surface area contributed by atoms with Crippen LogP contribution in [0.1, 0.15) is 27.1 Å². The molecule has 0 amide bonds. The quantitative estimate of drug-likeness (QED) is 0.727. The van der Waals surface area contributed by atoms with Gasteiger partial charge in [0.1, 0.15) is 11.6 Å². The number of halogens is 2. The first-order valence-electron chi connectivity index (χ1n) is 6.08. The van der Waals surface area contributed by atoms with Gasteiger partial charge >= 0.3 is 0 Å². The molecule has 2 aromatic carbocycles. The van der Waals surface area contributed by atoms with Gasteiger partial charge in [0.05, 0.1) is 11.9 Å². The lowest BCUT2D eigenvalue weighted by atomic mass is 10.0. The molecule has 0 aromatic heterocycles. The third-order valence-corrected chi connectivity index (χ3v) is 4.23. The van der Waals surface area contributed by atoms with E-state index in [0.29, 0.717) is 11.1 Å². The van der Waals surface area contributed by atoms with Gasteiger partial charge < -0.3 is 4.74 Å². The highest BCUT2D eigenvalue weighted by atomic mass is 79.9. The Morgan fingerprint density at radius 1 is 1.11 bits per heavy atom. The summed E-state index contributed by atoms with van der Waals surface area (Å²) in [5.74, 6) is 0.686. The number of rotatable bonds is 3. The lowest BCUT2D eigenvalue weighted by molar-refractivity contribution is 0.411. The zero-order valence-corrected chi connectivity index (χ0v) is 12.8. The molecule has 0 saturated carbocycles. The number of benzene rings is 2. The average Bonchev–Trinajstić information content (AvgIpc) is 2.41. The van der Waals surface area contributed by atoms with E-state index in [1.807, 2.05) is 31.2 Å². The second kappa shape index (κ2) is 5.74. The number of hydrogen-bond donors (Lipinski definition) is 0. The van der Waals surface area contributed by atoms with Crippen molar-refractivity contribution in [1.29, 1.82) is 0 Å². The molecule has 100 valence electrons. The molecule has 0 radical (unpaired) electrons. The van der Waals surface area contributed by atoms with Gasteiger partial charge in [-0.3, -0.25) is 0 Å². The Hall–Kier alpha value is -1.35. The van der Waals surface area contributed by atoms with Crippen LogP contribution in [-0.4, -0.2) is 7.11 Å². The second-order valence-corrected chi connectivity index (χ2v) is 5.49. The van der Waals surface area contributed by atoms with E-state index in [0.717, 1.165) is 16.9 Å². The number of hydrogen-bond acceptors (Lipinski definition) is 1. The van der Waals surface area contributed by atoms with Gasteiger partial charge in [-0.15, -0.1) is 0 Å². The first kappa shape index (κ1) is 14.1. The molecule has 1 nitrogen and oxygen atoms in total. The third-order valence-electron chi connectivity index (χ3n) is 3.21. The standard InChI is InChI=1S/C16H16BrFO/c1-10-5-4-6-13(16(10)18)15(17)12-7-8-14(19-3)11(2)9-12/h4-9,15H,1-3H3. The van der Waals surface area contributed by atoms with Gasteiger partial charge in [0.15, 0.2) is 0 Å². The molecule has 0 aliphatic heterocycles. The molecule has 1 atom stereocenters. The van der Waals surface area contributed by atoms with Crippen molar-refractivity contribution in [1.82, 2.24) is 0 Å². The zero-order valence-electron chi connectivity index (χ0n) is 11.2. The van der Waals surface area contributed by atoms with Crippen LogP contribution in [0.2, 0.25) is 0 Å². The van der Waals surface area contributed by atoms with Gasteiger partial charge in [-0.05, 0) is 36.6 Å².